The smallest absolute Gasteiger partial charge is 0.292 e. The molecule has 2 amide bonds. The standard InChI is InChI=1S/C22H22N6O3/c1-15-3-7-17(8-4-15)28-20(29)13-24-21(26-28)22(30)25-16-5-9-18(10-6-16)31-14-19-23-11-12-27(19)2/h3-12H,13-14H2,1-2H3,(H,24,26)(H,25,30). The van der Waals surface area contributed by atoms with Crippen LogP contribution in [0.5, 0.6) is 5.75 Å². The Balaban J connectivity index is 1.36. The number of rotatable bonds is 6. The van der Waals surface area contributed by atoms with E-state index in [4.69, 9.17) is 4.74 Å². The molecule has 4 rings (SSSR count). The van der Waals surface area contributed by atoms with Crippen LogP contribution in [0.2, 0.25) is 0 Å². The van der Waals surface area contributed by atoms with Gasteiger partial charge < -0.3 is 14.6 Å². The molecule has 0 unspecified atom stereocenters. The van der Waals surface area contributed by atoms with Crippen molar-refractivity contribution in [2.24, 2.45) is 12.0 Å². The fourth-order valence-corrected chi connectivity index (χ4v) is 2.95. The van der Waals surface area contributed by atoms with E-state index in [9.17, 15) is 9.59 Å². The van der Waals surface area contributed by atoms with E-state index in [2.05, 4.69) is 20.7 Å². The van der Waals surface area contributed by atoms with E-state index in [0.29, 0.717) is 23.7 Å². The first kappa shape index (κ1) is 20.1. The number of amidine groups is 1. The molecule has 1 aliphatic heterocycles. The molecule has 0 fully saturated rings. The van der Waals surface area contributed by atoms with E-state index in [-0.39, 0.29) is 18.3 Å². The first-order valence-electron chi connectivity index (χ1n) is 9.71. The molecule has 9 nitrogen and oxygen atoms in total. The number of ether oxygens (including phenoxy) is 1. The van der Waals surface area contributed by atoms with Crippen LogP contribution in [0.3, 0.4) is 0 Å². The third-order valence-electron chi connectivity index (χ3n) is 4.75. The predicted molar refractivity (Wildman–Crippen MR) is 117 cm³/mol. The van der Waals surface area contributed by atoms with Crippen molar-refractivity contribution in [3.05, 3.63) is 72.3 Å². The third-order valence-corrected chi connectivity index (χ3v) is 4.75. The molecule has 3 aromatic rings. The van der Waals surface area contributed by atoms with E-state index < -0.39 is 5.91 Å². The predicted octanol–water partition coefficient (Wildman–Crippen LogP) is 2.20. The number of aromatic nitrogens is 2. The highest BCUT2D eigenvalue weighted by Gasteiger charge is 2.25. The lowest BCUT2D eigenvalue weighted by Gasteiger charge is -2.27. The summed E-state index contributed by atoms with van der Waals surface area (Å²) in [4.78, 5) is 33.1. The molecule has 158 valence electrons. The van der Waals surface area contributed by atoms with Gasteiger partial charge in [-0.1, -0.05) is 17.7 Å². The molecular weight excluding hydrogens is 396 g/mol. The van der Waals surface area contributed by atoms with E-state index in [0.717, 1.165) is 11.4 Å². The average Bonchev–Trinajstić information content (AvgIpc) is 3.19. The summed E-state index contributed by atoms with van der Waals surface area (Å²) in [6, 6.07) is 14.4. The number of aryl methyl sites for hydroxylation is 2. The van der Waals surface area contributed by atoms with Crippen LogP contribution in [0, 0.1) is 6.92 Å². The average molecular weight is 418 g/mol. The molecular formula is C22H22N6O3. The zero-order valence-corrected chi connectivity index (χ0v) is 17.2. The van der Waals surface area contributed by atoms with Crippen molar-refractivity contribution in [1.29, 1.82) is 0 Å². The quantitative estimate of drug-likeness (QED) is 0.639. The molecule has 0 radical (unpaired) electrons. The minimum absolute atomic E-state index is 0.0651. The molecule has 9 heteroatoms. The molecule has 0 saturated carbocycles. The number of imidazole rings is 1. The largest absolute Gasteiger partial charge is 0.486 e. The number of hydrogen-bond acceptors (Lipinski definition) is 6. The van der Waals surface area contributed by atoms with E-state index in [1.54, 1.807) is 30.5 Å². The maximum Gasteiger partial charge on any atom is 0.292 e. The van der Waals surface area contributed by atoms with Crippen LogP contribution in [-0.4, -0.2) is 33.7 Å². The summed E-state index contributed by atoms with van der Waals surface area (Å²) in [7, 11) is 1.90. The SMILES string of the molecule is Cc1ccc(N2NC(C(=O)Nc3ccc(OCc4nccn4C)cc3)=NCC2=O)cc1. The van der Waals surface area contributed by atoms with E-state index >= 15 is 0 Å². The number of amides is 2. The van der Waals surface area contributed by atoms with Gasteiger partial charge in [0.25, 0.3) is 11.8 Å². The molecule has 31 heavy (non-hydrogen) atoms. The lowest BCUT2D eigenvalue weighted by molar-refractivity contribution is -0.118. The minimum atomic E-state index is -0.439. The summed E-state index contributed by atoms with van der Waals surface area (Å²) in [5.74, 6) is 0.855. The fourth-order valence-electron chi connectivity index (χ4n) is 2.95. The van der Waals surface area contributed by atoms with Gasteiger partial charge in [0.15, 0.2) is 0 Å². The number of benzene rings is 2. The lowest BCUT2D eigenvalue weighted by atomic mass is 10.2. The van der Waals surface area contributed by atoms with Crippen molar-refractivity contribution in [2.45, 2.75) is 13.5 Å². The Bertz CT molecular complexity index is 1120. The molecule has 0 bridgehead atoms. The number of aliphatic imine (C=N–C) groups is 1. The van der Waals surface area contributed by atoms with Crippen LogP contribution < -0.4 is 20.5 Å². The van der Waals surface area contributed by atoms with Crippen LogP contribution in [0.25, 0.3) is 0 Å². The topological polar surface area (TPSA) is 101 Å². The number of nitrogens with one attached hydrogen (secondary N) is 2. The number of hydrogen-bond donors (Lipinski definition) is 2. The highest BCUT2D eigenvalue weighted by Crippen LogP contribution is 2.18. The van der Waals surface area contributed by atoms with Gasteiger partial charge in [0, 0.05) is 25.1 Å². The molecule has 2 heterocycles. The Labute approximate surface area is 179 Å². The number of carbonyl (C=O) groups excluding carboxylic acids is 2. The fraction of sp³-hybridized carbons (Fsp3) is 0.182. The molecule has 0 saturated heterocycles. The second kappa shape index (κ2) is 8.70. The summed E-state index contributed by atoms with van der Waals surface area (Å²) in [6.45, 7) is 2.20. The number of hydrazine groups is 1. The monoisotopic (exact) mass is 418 g/mol. The molecule has 2 aromatic carbocycles. The van der Waals surface area contributed by atoms with Gasteiger partial charge >= 0.3 is 0 Å². The molecule has 0 aliphatic carbocycles. The van der Waals surface area contributed by atoms with Gasteiger partial charge in [0.05, 0.1) is 5.69 Å². The van der Waals surface area contributed by atoms with Crippen molar-refractivity contribution in [1.82, 2.24) is 15.0 Å². The Morgan fingerprint density at radius 2 is 1.90 bits per heavy atom. The van der Waals surface area contributed by atoms with Gasteiger partial charge in [-0.2, -0.15) is 0 Å². The van der Waals surface area contributed by atoms with E-state index in [1.165, 1.54) is 5.01 Å². The third kappa shape index (κ3) is 4.72. The first-order valence-corrected chi connectivity index (χ1v) is 9.71. The lowest BCUT2D eigenvalue weighted by Crippen LogP contribution is -2.54. The Morgan fingerprint density at radius 1 is 1.16 bits per heavy atom. The summed E-state index contributed by atoms with van der Waals surface area (Å²) >= 11 is 0. The van der Waals surface area contributed by atoms with Crippen LogP contribution >= 0.6 is 0 Å². The number of carbonyl (C=O) groups is 2. The normalized spacial score (nSPS) is 13.4. The van der Waals surface area contributed by atoms with Gasteiger partial charge in [-0.05, 0) is 43.3 Å². The second-order valence-electron chi connectivity index (χ2n) is 7.06. The van der Waals surface area contributed by atoms with Gasteiger partial charge in [-0.25, -0.2) is 9.99 Å². The Kier molecular flexibility index (Phi) is 5.65. The van der Waals surface area contributed by atoms with Gasteiger partial charge in [-0.3, -0.25) is 20.0 Å². The summed E-state index contributed by atoms with van der Waals surface area (Å²) in [6.07, 6.45) is 3.57. The number of anilines is 2. The van der Waals surface area contributed by atoms with Crippen LogP contribution in [0.15, 0.2) is 65.9 Å². The Morgan fingerprint density at radius 3 is 2.58 bits per heavy atom. The van der Waals surface area contributed by atoms with E-state index in [1.807, 2.05) is 49.0 Å². The summed E-state index contributed by atoms with van der Waals surface area (Å²) in [5.41, 5.74) is 5.10. The molecule has 1 aliphatic rings. The highest BCUT2D eigenvalue weighted by molar-refractivity contribution is 6.43. The zero-order chi connectivity index (χ0) is 21.8. The number of nitrogens with zero attached hydrogens (tertiary/aromatic N) is 4. The van der Waals surface area contributed by atoms with Crippen LogP contribution in [0.1, 0.15) is 11.4 Å². The zero-order valence-electron chi connectivity index (χ0n) is 17.2. The first-order chi connectivity index (χ1) is 15.0. The minimum Gasteiger partial charge on any atom is -0.486 e. The van der Waals surface area contributed by atoms with Crippen LogP contribution in [-0.2, 0) is 23.2 Å². The highest BCUT2D eigenvalue weighted by atomic mass is 16.5. The maximum absolute atomic E-state index is 12.6. The van der Waals surface area contributed by atoms with Crippen molar-refractivity contribution >= 4 is 29.0 Å². The van der Waals surface area contributed by atoms with Crippen molar-refractivity contribution in [3.8, 4) is 5.75 Å². The molecule has 2 N–H and O–H groups in total. The van der Waals surface area contributed by atoms with Gasteiger partial charge in [0.2, 0.25) is 5.84 Å². The summed E-state index contributed by atoms with van der Waals surface area (Å²) in [5, 5.41) is 4.10. The van der Waals surface area contributed by atoms with Crippen LogP contribution in [0.4, 0.5) is 11.4 Å². The molecule has 0 spiro atoms. The second-order valence-corrected chi connectivity index (χ2v) is 7.06. The van der Waals surface area contributed by atoms with Gasteiger partial charge in [-0.15, -0.1) is 0 Å². The van der Waals surface area contributed by atoms with Crippen molar-refractivity contribution < 1.29 is 14.3 Å². The van der Waals surface area contributed by atoms with Crippen molar-refractivity contribution in [3.63, 3.8) is 0 Å². The molecule has 0 atom stereocenters. The van der Waals surface area contributed by atoms with Crippen molar-refractivity contribution in [2.75, 3.05) is 16.9 Å². The maximum atomic E-state index is 12.6. The Hall–Kier alpha value is -4.14. The summed E-state index contributed by atoms with van der Waals surface area (Å²) < 4.78 is 7.60. The van der Waals surface area contributed by atoms with Gasteiger partial charge in [0.1, 0.15) is 24.7 Å². The molecule has 1 aromatic heterocycles.